The summed E-state index contributed by atoms with van der Waals surface area (Å²) >= 11 is 0. The average Bonchev–Trinajstić information content (AvgIpc) is 2.95. The van der Waals surface area contributed by atoms with Gasteiger partial charge < -0.3 is 9.64 Å². The topological polar surface area (TPSA) is 82.2 Å². The van der Waals surface area contributed by atoms with Crippen molar-refractivity contribution in [3.63, 3.8) is 0 Å². The normalized spacial score (nSPS) is 20.7. The number of aryl methyl sites for hydroxylation is 1. The molecule has 0 aromatic carbocycles. The Morgan fingerprint density at radius 1 is 1.37 bits per heavy atom. The Labute approximate surface area is 153 Å². The molecule has 1 atom stereocenters. The number of methoxy groups -OCH3 is 1. The minimum atomic E-state index is -2.83. The van der Waals surface area contributed by atoms with Gasteiger partial charge in [0, 0.05) is 6.42 Å². The van der Waals surface area contributed by atoms with Crippen molar-refractivity contribution in [2.75, 3.05) is 20.2 Å². The molecule has 0 bridgehead atoms. The molecule has 1 amide bonds. The highest BCUT2D eigenvalue weighted by Gasteiger charge is 2.48. The van der Waals surface area contributed by atoms with Gasteiger partial charge >= 0.3 is 5.69 Å². The van der Waals surface area contributed by atoms with E-state index >= 15 is 0 Å². The van der Waals surface area contributed by atoms with E-state index in [-0.39, 0.29) is 6.54 Å². The standard InChI is InChI=1S/C17H19F2N5O3/c1-27-12-6-5-11(20-7-12)8-23-16(26)24-13(3-2-4-14(24)21-23)15(25)22-9-17(18,19)10-22/h5-7,13H,2-4,8-10H2,1H3/t13-/m0/s1. The van der Waals surface area contributed by atoms with Crippen molar-refractivity contribution in [3.05, 3.63) is 40.3 Å². The lowest BCUT2D eigenvalue weighted by Gasteiger charge is -2.41. The molecule has 2 aliphatic heterocycles. The highest BCUT2D eigenvalue weighted by atomic mass is 19.3. The summed E-state index contributed by atoms with van der Waals surface area (Å²) in [6.07, 6.45) is 3.24. The van der Waals surface area contributed by atoms with Gasteiger partial charge in [0.2, 0.25) is 5.91 Å². The maximum atomic E-state index is 13.1. The van der Waals surface area contributed by atoms with Crippen LogP contribution in [0.3, 0.4) is 0 Å². The largest absolute Gasteiger partial charge is 0.495 e. The van der Waals surface area contributed by atoms with Gasteiger partial charge in [-0.25, -0.2) is 18.3 Å². The Morgan fingerprint density at radius 2 is 2.15 bits per heavy atom. The first-order valence-electron chi connectivity index (χ1n) is 8.72. The van der Waals surface area contributed by atoms with Crippen molar-refractivity contribution < 1.29 is 18.3 Å². The Balaban J connectivity index is 1.58. The van der Waals surface area contributed by atoms with Gasteiger partial charge in [0.1, 0.15) is 17.6 Å². The Hall–Kier alpha value is -2.78. The second kappa shape index (κ2) is 6.43. The summed E-state index contributed by atoms with van der Waals surface area (Å²) in [6.45, 7) is -1.02. The second-order valence-corrected chi connectivity index (χ2v) is 6.87. The Morgan fingerprint density at radius 3 is 2.78 bits per heavy atom. The number of halogens is 2. The lowest BCUT2D eigenvalue weighted by atomic mass is 10.0. The molecule has 2 aromatic rings. The SMILES string of the molecule is COc1ccc(Cn2nc3n(c2=O)[C@H](C(=O)N2CC(F)(F)C2)CCC3)nc1. The van der Waals surface area contributed by atoms with Crippen molar-refractivity contribution in [3.8, 4) is 5.75 Å². The first kappa shape index (κ1) is 17.6. The fourth-order valence-corrected chi connectivity index (χ4v) is 3.53. The molecule has 0 N–H and O–H groups in total. The Kier molecular flexibility index (Phi) is 4.20. The highest BCUT2D eigenvalue weighted by molar-refractivity contribution is 5.81. The molecule has 4 heterocycles. The van der Waals surface area contributed by atoms with Crippen molar-refractivity contribution in [2.45, 2.75) is 37.8 Å². The molecule has 0 saturated carbocycles. The average molecular weight is 379 g/mol. The zero-order chi connectivity index (χ0) is 19.2. The van der Waals surface area contributed by atoms with E-state index in [1.165, 1.54) is 16.4 Å². The van der Waals surface area contributed by atoms with Crippen LogP contribution in [0.5, 0.6) is 5.75 Å². The fraction of sp³-hybridized carbons (Fsp3) is 0.529. The number of aromatic nitrogens is 4. The summed E-state index contributed by atoms with van der Waals surface area (Å²) in [4.78, 5) is 30.7. The predicted octanol–water partition coefficient (Wildman–Crippen LogP) is 0.852. The van der Waals surface area contributed by atoms with Gasteiger partial charge in [-0.3, -0.25) is 14.3 Å². The van der Waals surface area contributed by atoms with Crippen LogP contribution in [-0.2, 0) is 17.8 Å². The van der Waals surface area contributed by atoms with Gasteiger partial charge in [-0.05, 0) is 25.0 Å². The highest BCUT2D eigenvalue weighted by Crippen LogP contribution is 2.31. The third kappa shape index (κ3) is 3.19. The summed E-state index contributed by atoms with van der Waals surface area (Å²) < 4.78 is 33.9. The van der Waals surface area contributed by atoms with Gasteiger partial charge in [-0.1, -0.05) is 0 Å². The number of hydrogen-bond acceptors (Lipinski definition) is 5. The first-order valence-corrected chi connectivity index (χ1v) is 8.72. The molecule has 2 aliphatic rings. The van der Waals surface area contributed by atoms with Crippen LogP contribution in [-0.4, -0.2) is 56.3 Å². The van der Waals surface area contributed by atoms with Crippen LogP contribution >= 0.6 is 0 Å². The van der Waals surface area contributed by atoms with E-state index in [0.29, 0.717) is 36.5 Å². The summed E-state index contributed by atoms with van der Waals surface area (Å²) in [5, 5.41) is 4.33. The third-order valence-electron chi connectivity index (χ3n) is 4.92. The molecule has 0 aliphatic carbocycles. The summed E-state index contributed by atoms with van der Waals surface area (Å²) in [5.74, 6) is -2.16. The molecule has 8 nitrogen and oxygen atoms in total. The molecule has 10 heteroatoms. The summed E-state index contributed by atoms with van der Waals surface area (Å²) in [6, 6.07) is 2.70. The van der Waals surface area contributed by atoms with Crippen LogP contribution in [0.15, 0.2) is 23.1 Å². The number of pyridine rings is 1. The molecule has 1 saturated heterocycles. The first-order chi connectivity index (χ1) is 12.9. The summed E-state index contributed by atoms with van der Waals surface area (Å²) in [5.41, 5.74) is 0.201. The van der Waals surface area contributed by atoms with Crippen LogP contribution in [0, 0.1) is 0 Å². The molecule has 0 unspecified atom stereocenters. The minimum Gasteiger partial charge on any atom is -0.495 e. The number of nitrogens with zero attached hydrogens (tertiary/aromatic N) is 5. The number of carbonyl (C=O) groups excluding carboxylic acids is 1. The van der Waals surface area contributed by atoms with E-state index in [1.54, 1.807) is 18.3 Å². The van der Waals surface area contributed by atoms with E-state index in [0.717, 1.165) is 4.90 Å². The third-order valence-corrected chi connectivity index (χ3v) is 4.92. The molecule has 144 valence electrons. The van der Waals surface area contributed by atoms with Crippen LogP contribution in [0.2, 0.25) is 0 Å². The van der Waals surface area contributed by atoms with Crippen molar-refractivity contribution in [1.29, 1.82) is 0 Å². The molecule has 27 heavy (non-hydrogen) atoms. The molecule has 0 spiro atoms. The van der Waals surface area contributed by atoms with Crippen molar-refractivity contribution in [1.82, 2.24) is 24.2 Å². The smallest absolute Gasteiger partial charge is 0.347 e. The molecular formula is C17H19F2N5O3. The number of fused-ring (bicyclic) bond motifs is 1. The number of alkyl halides is 2. The lowest BCUT2D eigenvalue weighted by molar-refractivity contribution is -0.169. The number of amides is 1. The van der Waals surface area contributed by atoms with Gasteiger partial charge in [-0.15, -0.1) is 0 Å². The van der Waals surface area contributed by atoms with E-state index in [9.17, 15) is 18.4 Å². The zero-order valence-corrected chi connectivity index (χ0v) is 14.8. The number of carbonyl (C=O) groups is 1. The molecule has 4 rings (SSSR count). The van der Waals surface area contributed by atoms with E-state index in [1.807, 2.05) is 0 Å². The van der Waals surface area contributed by atoms with E-state index in [4.69, 9.17) is 4.74 Å². The van der Waals surface area contributed by atoms with E-state index < -0.39 is 36.7 Å². The maximum absolute atomic E-state index is 13.1. The minimum absolute atomic E-state index is 0.158. The summed E-state index contributed by atoms with van der Waals surface area (Å²) in [7, 11) is 1.54. The molecule has 0 radical (unpaired) electrons. The quantitative estimate of drug-likeness (QED) is 0.787. The second-order valence-electron chi connectivity index (χ2n) is 6.87. The monoisotopic (exact) mass is 379 g/mol. The fourth-order valence-electron chi connectivity index (χ4n) is 3.53. The molecular weight excluding hydrogens is 360 g/mol. The van der Waals surface area contributed by atoms with Crippen LogP contribution in [0.25, 0.3) is 0 Å². The number of ether oxygens (including phenoxy) is 1. The number of rotatable bonds is 4. The van der Waals surface area contributed by atoms with Gasteiger partial charge in [0.15, 0.2) is 0 Å². The van der Waals surface area contributed by atoms with Crippen molar-refractivity contribution >= 4 is 5.91 Å². The van der Waals surface area contributed by atoms with Crippen LogP contribution in [0.4, 0.5) is 8.78 Å². The number of likely N-dealkylation sites (tertiary alicyclic amines) is 1. The Bertz CT molecular complexity index is 914. The maximum Gasteiger partial charge on any atom is 0.347 e. The van der Waals surface area contributed by atoms with E-state index in [2.05, 4.69) is 10.1 Å². The zero-order valence-electron chi connectivity index (χ0n) is 14.8. The van der Waals surface area contributed by atoms with Gasteiger partial charge in [0.05, 0.1) is 38.6 Å². The predicted molar refractivity (Wildman–Crippen MR) is 89.9 cm³/mol. The molecule has 1 fully saturated rings. The van der Waals surface area contributed by atoms with Crippen LogP contribution < -0.4 is 10.4 Å². The number of hydrogen-bond donors (Lipinski definition) is 0. The van der Waals surface area contributed by atoms with Crippen LogP contribution in [0.1, 0.15) is 30.4 Å². The van der Waals surface area contributed by atoms with Crippen molar-refractivity contribution in [2.24, 2.45) is 0 Å². The van der Waals surface area contributed by atoms with Gasteiger partial charge in [0.25, 0.3) is 5.92 Å². The van der Waals surface area contributed by atoms with Gasteiger partial charge in [-0.2, -0.15) is 5.10 Å². The molecule has 2 aromatic heterocycles. The lowest BCUT2D eigenvalue weighted by Crippen LogP contribution is -2.60.